The van der Waals surface area contributed by atoms with Crippen LogP contribution < -0.4 is 5.32 Å². The van der Waals surface area contributed by atoms with E-state index in [1.165, 1.54) is 4.68 Å². The number of anilines is 1. The summed E-state index contributed by atoms with van der Waals surface area (Å²) in [5.41, 5.74) is 4.68. The summed E-state index contributed by atoms with van der Waals surface area (Å²) in [7, 11) is 0. The lowest BCUT2D eigenvalue weighted by molar-refractivity contribution is -0.118. The molecule has 156 valence electrons. The third-order valence-corrected chi connectivity index (χ3v) is 5.14. The summed E-state index contributed by atoms with van der Waals surface area (Å²) in [5.74, 6) is 0.308. The molecule has 0 spiro atoms. The number of fused-ring (bicyclic) bond motifs is 1. The maximum atomic E-state index is 13.3. The Bertz CT molecular complexity index is 1400. The van der Waals surface area contributed by atoms with Gasteiger partial charge in [0.15, 0.2) is 6.04 Å². The van der Waals surface area contributed by atoms with Crippen LogP contribution in [0.5, 0.6) is 0 Å². The van der Waals surface area contributed by atoms with Crippen molar-refractivity contribution in [3.63, 3.8) is 0 Å². The molecule has 8 nitrogen and oxygen atoms in total. The Hall–Kier alpha value is -4.46. The van der Waals surface area contributed by atoms with Crippen molar-refractivity contribution in [3.8, 4) is 11.3 Å². The van der Waals surface area contributed by atoms with Gasteiger partial charge < -0.3 is 5.32 Å². The summed E-state index contributed by atoms with van der Waals surface area (Å²) in [5, 5.41) is 14.7. The molecule has 1 atom stereocenters. The minimum atomic E-state index is -0.699. The quantitative estimate of drug-likeness (QED) is 0.463. The molecule has 0 aliphatic rings. The smallest absolute Gasteiger partial charge is 0.253 e. The number of aryl methyl sites for hydroxylation is 1. The second kappa shape index (κ2) is 8.35. The molecule has 0 bridgehead atoms. The molecule has 3 aromatic carbocycles. The topological polar surface area (TPSA) is 98.5 Å². The number of tetrazole rings is 1. The van der Waals surface area contributed by atoms with Gasteiger partial charge in [-0.2, -0.15) is 0 Å². The lowest BCUT2D eigenvalue weighted by Crippen LogP contribution is -2.28. The largest absolute Gasteiger partial charge is 0.324 e. The molecular formula is C24H19N7O. The molecular weight excluding hydrogens is 402 g/mol. The van der Waals surface area contributed by atoms with E-state index in [-0.39, 0.29) is 5.91 Å². The van der Waals surface area contributed by atoms with E-state index >= 15 is 0 Å². The Kier molecular flexibility index (Phi) is 5.09. The minimum absolute atomic E-state index is 0.242. The summed E-state index contributed by atoms with van der Waals surface area (Å²) in [6.07, 6.45) is 1.74. The van der Waals surface area contributed by atoms with Crippen LogP contribution in [-0.2, 0) is 4.79 Å². The van der Waals surface area contributed by atoms with E-state index in [2.05, 4.69) is 25.8 Å². The molecule has 2 heterocycles. The summed E-state index contributed by atoms with van der Waals surface area (Å²) in [6, 6.07) is 24.0. The van der Waals surface area contributed by atoms with Crippen LogP contribution in [0, 0.1) is 6.92 Å². The Labute approximate surface area is 184 Å². The van der Waals surface area contributed by atoms with Crippen molar-refractivity contribution in [1.29, 1.82) is 0 Å². The van der Waals surface area contributed by atoms with Gasteiger partial charge in [0.25, 0.3) is 5.91 Å². The first-order valence-electron chi connectivity index (χ1n) is 10.1. The van der Waals surface area contributed by atoms with Crippen molar-refractivity contribution >= 4 is 22.6 Å². The van der Waals surface area contributed by atoms with Gasteiger partial charge in [-0.3, -0.25) is 9.78 Å². The number of aromatic nitrogens is 6. The average molecular weight is 421 g/mol. The number of benzene rings is 3. The van der Waals surface area contributed by atoms with Crippen LogP contribution in [0.1, 0.15) is 17.4 Å². The van der Waals surface area contributed by atoms with Crippen LogP contribution in [0.4, 0.5) is 5.69 Å². The fraction of sp³-hybridized carbons (Fsp3) is 0.0833. The number of para-hydroxylation sites is 2. The summed E-state index contributed by atoms with van der Waals surface area (Å²) >= 11 is 0. The van der Waals surface area contributed by atoms with Crippen molar-refractivity contribution in [2.24, 2.45) is 0 Å². The Balaban J connectivity index is 1.46. The molecule has 32 heavy (non-hydrogen) atoms. The second-order valence-electron chi connectivity index (χ2n) is 7.30. The normalized spacial score (nSPS) is 11.9. The molecule has 0 radical (unpaired) electrons. The monoisotopic (exact) mass is 421 g/mol. The van der Waals surface area contributed by atoms with Crippen LogP contribution in [-0.4, -0.2) is 36.1 Å². The predicted molar refractivity (Wildman–Crippen MR) is 121 cm³/mol. The zero-order valence-electron chi connectivity index (χ0n) is 17.3. The van der Waals surface area contributed by atoms with Gasteiger partial charge in [-0.15, -0.1) is 5.10 Å². The molecule has 5 aromatic rings. The van der Waals surface area contributed by atoms with Crippen LogP contribution in [0.15, 0.2) is 85.1 Å². The van der Waals surface area contributed by atoms with Crippen molar-refractivity contribution in [1.82, 2.24) is 30.2 Å². The Morgan fingerprint density at radius 3 is 2.50 bits per heavy atom. The fourth-order valence-electron chi connectivity index (χ4n) is 3.58. The number of rotatable bonds is 5. The highest BCUT2D eigenvalue weighted by atomic mass is 16.2. The zero-order valence-corrected chi connectivity index (χ0v) is 17.3. The number of hydrogen-bond acceptors (Lipinski definition) is 6. The second-order valence-corrected chi connectivity index (χ2v) is 7.30. The van der Waals surface area contributed by atoms with E-state index < -0.39 is 6.04 Å². The van der Waals surface area contributed by atoms with Gasteiger partial charge in [0.1, 0.15) is 5.82 Å². The summed E-state index contributed by atoms with van der Waals surface area (Å²) in [6.45, 7) is 1.77. The molecule has 0 saturated heterocycles. The van der Waals surface area contributed by atoms with Crippen molar-refractivity contribution in [2.75, 3.05) is 5.32 Å². The molecule has 1 N–H and O–H groups in total. The zero-order chi connectivity index (χ0) is 21.9. The van der Waals surface area contributed by atoms with Crippen LogP contribution >= 0.6 is 0 Å². The van der Waals surface area contributed by atoms with E-state index in [1.54, 1.807) is 13.1 Å². The molecule has 0 aliphatic carbocycles. The third-order valence-electron chi connectivity index (χ3n) is 5.14. The molecule has 1 amide bonds. The number of carbonyl (C=O) groups excluding carboxylic acids is 1. The summed E-state index contributed by atoms with van der Waals surface area (Å²) in [4.78, 5) is 22.5. The number of carbonyl (C=O) groups is 1. The highest BCUT2D eigenvalue weighted by Crippen LogP contribution is 2.25. The molecule has 2 aromatic heterocycles. The SMILES string of the molecule is Cc1nnnn1C(C(=O)Nc1cccc(-c2cnc3ccccc3n2)c1)c1ccccc1. The highest BCUT2D eigenvalue weighted by molar-refractivity contribution is 5.96. The first-order chi connectivity index (χ1) is 15.7. The van der Waals surface area contributed by atoms with Crippen LogP contribution in [0.2, 0.25) is 0 Å². The van der Waals surface area contributed by atoms with E-state index in [0.717, 1.165) is 27.9 Å². The highest BCUT2D eigenvalue weighted by Gasteiger charge is 2.25. The van der Waals surface area contributed by atoms with Crippen molar-refractivity contribution in [2.45, 2.75) is 13.0 Å². The fourth-order valence-corrected chi connectivity index (χ4v) is 3.58. The Morgan fingerprint density at radius 1 is 0.938 bits per heavy atom. The first-order valence-corrected chi connectivity index (χ1v) is 10.1. The van der Waals surface area contributed by atoms with Crippen molar-refractivity contribution in [3.05, 3.63) is 96.4 Å². The molecule has 0 saturated carbocycles. The number of nitrogens with zero attached hydrogens (tertiary/aromatic N) is 6. The maximum Gasteiger partial charge on any atom is 0.253 e. The van der Waals surface area contributed by atoms with Crippen molar-refractivity contribution < 1.29 is 4.79 Å². The van der Waals surface area contributed by atoms with Gasteiger partial charge in [-0.05, 0) is 47.2 Å². The van der Waals surface area contributed by atoms with Gasteiger partial charge >= 0.3 is 0 Å². The Morgan fingerprint density at radius 2 is 1.72 bits per heavy atom. The summed E-state index contributed by atoms with van der Waals surface area (Å²) < 4.78 is 1.52. The van der Waals surface area contributed by atoms with Gasteiger partial charge in [0, 0.05) is 11.3 Å². The van der Waals surface area contributed by atoms with Gasteiger partial charge in [0.05, 0.1) is 22.9 Å². The lowest BCUT2D eigenvalue weighted by Gasteiger charge is -2.18. The van der Waals surface area contributed by atoms with E-state index in [4.69, 9.17) is 4.98 Å². The van der Waals surface area contributed by atoms with E-state index in [9.17, 15) is 4.79 Å². The standard InChI is InChI=1S/C24H19N7O/c1-16-28-29-30-31(16)23(17-8-3-2-4-9-17)24(32)26-19-11-7-10-18(14-19)22-15-25-20-12-5-6-13-21(20)27-22/h2-15,23H,1H3,(H,26,32). The lowest BCUT2D eigenvalue weighted by atomic mass is 10.1. The predicted octanol–water partition coefficient (Wildman–Crippen LogP) is 3.82. The molecule has 8 heteroatoms. The number of nitrogens with one attached hydrogen (secondary N) is 1. The molecule has 5 rings (SSSR count). The molecule has 1 unspecified atom stereocenters. The van der Waals surface area contributed by atoms with Gasteiger partial charge in [-0.1, -0.05) is 54.6 Å². The maximum absolute atomic E-state index is 13.3. The third kappa shape index (κ3) is 3.81. The van der Waals surface area contributed by atoms with E-state index in [0.29, 0.717) is 11.5 Å². The number of amides is 1. The first kappa shape index (κ1) is 19.5. The van der Waals surface area contributed by atoms with Gasteiger partial charge in [0.2, 0.25) is 0 Å². The van der Waals surface area contributed by atoms with Crippen LogP contribution in [0.3, 0.4) is 0 Å². The van der Waals surface area contributed by atoms with E-state index in [1.807, 2.05) is 78.9 Å². The van der Waals surface area contributed by atoms with Gasteiger partial charge in [-0.25, -0.2) is 9.67 Å². The number of hydrogen-bond donors (Lipinski definition) is 1. The molecule has 0 aliphatic heterocycles. The molecule has 0 fully saturated rings. The average Bonchev–Trinajstić information content (AvgIpc) is 3.25. The van der Waals surface area contributed by atoms with Crippen LogP contribution in [0.25, 0.3) is 22.3 Å². The minimum Gasteiger partial charge on any atom is -0.324 e.